The number of carboxylic acids is 2. The van der Waals surface area contributed by atoms with Crippen LogP contribution in [0, 0.1) is 0 Å². The summed E-state index contributed by atoms with van der Waals surface area (Å²) >= 11 is 0. The van der Waals surface area contributed by atoms with Gasteiger partial charge in [0.25, 0.3) is 0 Å². The van der Waals surface area contributed by atoms with E-state index in [1.807, 2.05) is 30.3 Å². The van der Waals surface area contributed by atoms with E-state index in [0.717, 1.165) is 16.8 Å². The van der Waals surface area contributed by atoms with E-state index in [2.05, 4.69) is 6.58 Å². The van der Waals surface area contributed by atoms with Crippen molar-refractivity contribution in [1.29, 1.82) is 0 Å². The van der Waals surface area contributed by atoms with Crippen LogP contribution in [0.4, 0.5) is 0 Å². The van der Waals surface area contributed by atoms with Crippen molar-refractivity contribution in [2.24, 2.45) is 0 Å². The van der Waals surface area contributed by atoms with Crippen molar-refractivity contribution in [2.45, 2.75) is 0 Å². The summed E-state index contributed by atoms with van der Waals surface area (Å²) < 4.78 is 0. The Morgan fingerprint density at radius 3 is 2.00 bits per heavy atom. The number of carbonyl (C=O) groups is 2. The van der Waals surface area contributed by atoms with Gasteiger partial charge in [0.1, 0.15) is 0 Å². The number of fused-ring (bicyclic) bond motifs is 1. The molecule has 0 saturated heterocycles. The van der Waals surface area contributed by atoms with Gasteiger partial charge in [-0.25, -0.2) is 9.59 Å². The molecule has 2 rings (SSSR count). The number of aliphatic carboxylic acids is 1. The number of hydrogen-bond acceptors (Lipinski definition) is 2. The smallest absolute Gasteiger partial charge is 0.335 e. The van der Waals surface area contributed by atoms with E-state index in [1.165, 1.54) is 0 Å². The van der Waals surface area contributed by atoms with Crippen LogP contribution in [0.5, 0.6) is 0 Å². The predicted molar refractivity (Wildman–Crippen MR) is 68.7 cm³/mol. The predicted octanol–water partition coefficient (Wildman–Crippen LogP) is 2.79. The third-order valence-electron chi connectivity index (χ3n) is 2.17. The van der Waals surface area contributed by atoms with Gasteiger partial charge in [-0.3, -0.25) is 0 Å². The van der Waals surface area contributed by atoms with Gasteiger partial charge in [-0.05, 0) is 22.9 Å². The number of aromatic carboxylic acids is 1. The zero-order valence-corrected chi connectivity index (χ0v) is 10.8. The fourth-order valence-corrected chi connectivity index (χ4v) is 1.32. The van der Waals surface area contributed by atoms with E-state index in [4.69, 9.17) is 10.2 Å². The minimum absolute atomic E-state index is 0. The van der Waals surface area contributed by atoms with Crippen molar-refractivity contribution in [3.05, 3.63) is 60.7 Å². The molecule has 1 radical (unpaired) electrons. The topological polar surface area (TPSA) is 74.6 Å². The van der Waals surface area contributed by atoms with Crippen LogP contribution < -0.4 is 0 Å². The molecule has 0 fully saturated rings. The molecule has 2 N–H and O–H groups in total. The van der Waals surface area contributed by atoms with Crippen LogP contribution in [0.2, 0.25) is 0 Å². The van der Waals surface area contributed by atoms with Crippen LogP contribution in [-0.4, -0.2) is 22.2 Å². The van der Waals surface area contributed by atoms with Gasteiger partial charge in [0.15, 0.2) is 0 Å². The van der Waals surface area contributed by atoms with Gasteiger partial charge in [0.2, 0.25) is 0 Å². The number of benzene rings is 2. The van der Waals surface area contributed by atoms with Gasteiger partial charge in [0, 0.05) is 23.1 Å². The van der Waals surface area contributed by atoms with E-state index in [9.17, 15) is 9.59 Å². The standard InChI is InChI=1S/C11H8O2.C3H4O2.Cu/c12-11(13)10-6-5-8-3-1-2-4-9(8)7-10;1-2-3(4)5;/h1-7H,(H,12,13);2H,1H2,(H,4,5);. The first-order chi connectivity index (χ1) is 8.54. The van der Waals surface area contributed by atoms with Gasteiger partial charge in [0.05, 0.1) is 5.56 Å². The molecular weight excluding hydrogens is 296 g/mol. The average molecular weight is 308 g/mol. The molecule has 0 aromatic heterocycles. The molecule has 0 aliphatic carbocycles. The summed E-state index contributed by atoms with van der Waals surface area (Å²) in [6.45, 7) is 2.96. The van der Waals surface area contributed by atoms with Crippen molar-refractivity contribution in [3.8, 4) is 0 Å². The van der Waals surface area contributed by atoms with Crippen LogP contribution in [0.15, 0.2) is 55.1 Å². The third-order valence-corrected chi connectivity index (χ3v) is 2.17. The molecule has 0 bridgehead atoms. The summed E-state index contributed by atoms with van der Waals surface area (Å²) in [5, 5.41) is 18.4. The summed E-state index contributed by atoms with van der Waals surface area (Å²) in [4.78, 5) is 19.9. The van der Waals surface area contributed by atoms with Crippen molar-refractivity contribution >= 4 is 22.7 Å². The average Bonchev–Trinajstić information content (AvgIpc) is 2.38. The van der Waals surface area contributed by atoms with E-state index >= 15 is 0 Å². The van der Waals surface area contributed by atoms with Crippen molar-refractivity contribution in [3.63, 3.8) is 0 Å². The van der Waals surface area contributed by atoms with Crippen molar-refractivity contribution in [2.75, 3.05) is 0 Å². The minimum atomic E-state index is -0.981. The normalized spacial score (nSPS) is 8.63. The molecule has 5 heteroatoms. The van der Waals surface area contributed by atoms with Gasteiger partial charge in [-0.1, -0.05) is 36.9 Å². The molecule has 103 valence electrons. The monoisotopic (exact) mass is 307 g/mol. The van der Waals surface area contributed by atoms with Crippen LogP contribution >= 0.6 is 0 Å². The quantitative estimate of drug-likeness (QED) is 0.661. The Hall–Kier alpha value is -2.10. The Labute approximate surface area is 120 Å². The molecule has 0 spiro atoms. The molecule has 0 saturated carbocycles. The van der Waals surface area contributed by atoms with Gasteiger partial charge >= 0.3 is 11.9 Å². The second-order valence-corrected chi connectivity index (χ2v) is 3.41. The Bertz CT molecular complexity index is 593. The van der Waals surface area contributed by atoms with Crippen molar-refractivity contribution in [1.82, 2.24) is 0 Å². The summed E-state index contributed by atoms with van der Waals surface area (Å²) in [7, 11) is 0. The number of rotatable bonds is 2. The largest absolute Gasteiger partial charge is 0.478 e. The summed E-state index contributed by atoms with van der Waals surface area (Å²) in [5.41, 5.74) is 0.332. The molecule has 4 nitrogen and oxygen atoms in total. The molecule has 0 amide bonds. The van der Waals surface area contributed by atoms with Crippen LogP contribution in [0.3, 0.4) is 0 Å². The van der Waals surface area contributed by atoms with E-state index in [1.54, 1.807) is 12.1 Å². The minimum Gasteiger partial charge on any atom is -0.478 e. The fourth-order valence-electron chi connectivity index (χ4n) is 1.32. The SMILES string of the molecule is C=CC(=O)O.O=C(O)c1ccc2ccccc2c1.[Cu]. The Balaban J connectivity index is 0.000000471. The van der Waals surface area contributed by atoms with Crippen LogP contribution in [0.1, 0.15) is 10.4 Å². The Morgan fingerprint density at radius 1 is 1.00 bits per heavy atom. The van der Waals surface area contributed by atoms with Gasteiger partial charge in [-0.15, -0.1) is 0 Å². The Morgan fingerprint density at radius 2 is 1.53 bits per heavy atom. The van der Waals surface area contributed by atoms with Gasteiger partial charge < -0.3 is 10.2 Å². The van der Waals surface area contributed by atoms with Crippen LogP contribution in [0.25, 0.3) is 10.8 Å². The molecule has 19 heavy (non-hydrogen) atoms. The van der Waals surface area contributed by atoms with E-state index in [0.29, 0.717) is 5.56 Å². The van der Waals surface area contributed by atoms with E-state index < -0.39 is 11.9 Å². The fraction of sp³-hybridized carbons (Fsp3) is 0. The second-order valence-electron chi connectivity index (χ2n) is 3.41. The maximum Gasteiger partial charge on any atom is 0.335 e. The van der Waals surface area contributed by atoms with Crippen molar-refractivity contribution < 1.29 is 36.9 Å². The van der Waals surface area contributed by atoms with Crippen LogP contribution in [-0.2, 0) is 21.9 Å². The molecule has 0 unspecified atom stereocenters. The molecule has 0 aliphatic heterocycles. The summed E-state index contributed by atoms with van der Waals surface area (Å²) in [6.07, 6.45) is 0.833. The Kier molecular flexibility index (Phi) is 7.19. The van der Waals surface area contributed by atoms with E-state index in [-0.39, 0.29) is 17.1 Å². The molecule has 2 aromatic carbocycles. The zero-order chi connectivity index (χ0) is 13.5. The maximum absolute atomic E-state index is 10.6. The molecular formula is C14H12CuO4. The third kappa shape index (κ3) is 5.38. The maximum atomic E-state index is 10.6. The second kappa shape index (κ2) is 8.08. The molecule has 0 atom stereocenters. The van der Waals surface area contributed by atoms with Gasteiger partial charge in [-0.2, -0.15) is 0 Å². The summed E-state index contributed by atoms with van der Waals surface area (Å²) in [6, 6.07) is 12.8. The number of hydrogen-bond donors (Lipinski definition) is 2. The molecule has 0 heterocycles. The summed E-state index contributed by atoms with van der Waals surface area (Å²) in [5.74, 6) is -1.87. The first-order valence-electron chi connectivity index (χ1n) is 5.12. The zero-order valence-electron chi connectivity index (χ0n) is 9.84. The molecule has 0 aliphatic rings. The molecule has 2 aromatic rings. The first kappa shape index (κ1) is 16.9. The first-order valence-corrected chi connectivity index (χ1v) is 5.12. The number of carboxylic acid groups (broad SMARTS) is 2.